The molecule has 2 unspecified atom stereocenters. The zero-order chi connectivity index (χ0) is 10.8. The lowest BCUT2D eigenvalue weighted by Gasteiger charge is -2.15. The maximum absolute atomic E-state index is 5.61. The van der Waals surface area contributed by atoms with Gasteiger partial charge in [0.1, 0.15) is 0 Å². The van der Waals surface area contributed by atoms with Gasteiger partial charge in [0.05, 0.1) is 25.9 Å². The topological polar surface area (TPSA) is 18.5 Å². The van der Waals surface area contributed by atoms with E-state index in [0.29, 0.717) is 12.7 Å². The molecule has 0 aromatic carbocycles. The van der Waals surface area contributed by atoms with E-state index >= 15 is 0 Å². The molecule has 1 radical (unpaired) electrons. The van der Waals surface area contributed by atoms with E-state index in [-0.39, 0.29) is 6.10 Å². The standard InChI is InChI=1S/C12H25O2/c1-5-6-7-8-9-11(2)14-10-12(3)13-4/h11-12H,4-10H2,1-3H3. The van der Waals surface area contributed by atoms with Crippen LogP contribution in [0.5, 0.6) is 0 Å². The number of hydrogen-bond donors (Lipinski definition) is 0. The van der Waals surface area contributed by atoms with Crippen molar-refractivity contribution in [3.8, 4) is 0 Å². The zero-order valence-corrected chi connectivity index (χ0v) is 9.92. The summed E-state index contributed by atoms with van der Waals surface area (Å²) >= 11 is 0. The van der Waals surface area contributed by atoms with Crippen molar-refractivity contribution in [1.29, 1.82) is 0 Å². The van der Waals surface area contributed by atoms with Crippen molar-refractivity contribution in [3.05, 3.63) is 7.11 Å². The number of rotatable bonds is 9. The van der Waals surface area contributed by atoms with Crippen molar-refractivity contribution in [1.82, 2.24) is 0 Å². The lowest BCUT2D eigenvalue weighted by atomic mass is 10.1. The molecule has 0 aromatic heterocycles. The van der Waals surface area contributed by atoms with Gasteiger partial charge in [0.2, 0.25) is 0 Å². The Balaban J connectivity index is 3.23. The molecule has 0 rings (SSSR count). The Kier molecular flexibility index (Phi) is 9.42. The summed E-state index contributed by atoms with van der Waals surface area (Å²) in [5, 5.41) is 0. The Bertz CT molecular complexity index is 115. The molecule has 2 nitrogen and oxygen atoms in total. The Labute approximate surface area is 89.0 Å². The SMILES string of the molecule is [CH2]OC(C)COC(C)CCCCCC. The monoisotopic (exact) mass is 201 g/mol. The van der Waals surface area contributed by atoms with Crippen LogP contribution in [0.3, 0.4) is 0 Å². The molecule has 0 spiro atoms. The first-order valence-electron chi connectivity index (χ1n) is 5.73. The molecular weight excluding hydrogens is 176 g/mol. The first-order chi connectivity index (χ1) is 6.70. The van der Waals surface area contributed by atoms with Gasteiger partial charge in [-0.25, -0.2) is 0 Å². The summed E-state index contributed by atoms with van der Waals surface area (Å²) < 4.78 is 10.5. The molecule has 14 heavy (non-hydrogen) atoms. The molecule has 85 valence electrons. The highest BCUT2D eigenvalue weighted by atomic mass is 16.5. The van der Waals surface area contributed by atoms with Crippen molar-refractivity contribution >= 4 is 0 Å². The van der Waals surface area contributed by atoms with Gasteiger partial charge in [0, 0.05) is 0 Å². The molecule has 2 heteroatoms. The average molecular weight is 201 g/mol. The summed E-state index contributed by atoms with van der Waals surface area (Å²) in [6.07, 6.45) is 6.84. The van der Waals surface area contributed by atoms with Gasteiger partial charge in [-0.2, -0.15) is 0 Å². The highest BCUT2D eigenvalue weighted by molar-refractivity contribution is 4.54. The van der Waals surface area contributed by atoms with Gasteiger partial charge < -0.3 is 9.47 Å². The molecule has 0 saturated heterocycles. The minimum absolute atomic E-state index is 0.105. The van der Waals surface area contributed by atoms with Crippen LogP contribution < -0.4 is 0 Å². The second kappa shape index (κ2) is 9.47. The fourth-order valence-electron chi connectivity index (χ4n) is 1.29. The quantitative estimate of drug-likeness (QED) is 0.531. The summed E-state index contributed by atoms with van der Waals surface area (Å²) in [5.41, 5.74) is 0. The Morgan fingerprint density at radius 3 is 2.36 bits per heavy atom. The minimum atomic E-state index is 0.105. The molecule has 0 aliphatic carbocycles. The third-order valence-corrected chi connectivity index (χ3v) is 2.36. The molecule has 0 amide bonds. The lowest BCUT2D eigenvalue weighted by Crippen LogP contribution is -2.18. The fourth-order valence-corrected chi connectivity index (χ4v) is 1.29. The highest BCUT2D eigenvalue weighted by Gasteiger charge is 2.05. The van der Waals surface area contributed by atoms with Gasteiger partial charge in [-0.1, -0.05) is 32.6 Å². The molecule has 0 fully saturated rings. The van der Waals surface area contributed by atoms with Crippen molar-refractivity contribution < 1.29 is 9.47 Å². The molecule has 0 aliphatic rings. The van der Waals surface area contributed by atoms with Crippen LogP contribution in [0, 0.1) is 7.11 Å². The first-order valence-corrected chi connectivity index (χ1v) is 5.73. The molecule has 2 atom stereocenters. The molecular formula is C12H25O2. The van der Waals surface area contributed by atoms with Gasteiger partial charge in [-0.3, -0.25) is 0 Å². The van der Waals surface area contributed by atoms with Gasteiger partial charge in [0.15, 0.2) is 0 Å². The van der Waals surface area contributed by atoms with Crippen molar-refractivity contribution in [2.75, 3.05) is 6.61 Å². The summed E-state index contributed by atoms with van der Waals surface area (Å²) in [4.78, 5) is 0. The van der Waals surface area contributed by atoms with E-state index in [1.807, 2.05) is 6.92 Å². The Morgan fingerprint density at radius 1 is 1.07 bits per heavy atom. The van der Waals surface area contributed by atoms with Gasteiger partial charge in [-0.05, 0) is 20.3 Å². The molecule has 0 aliphatic heterocycles. The fraction of sp³-hybridized carbons (Fsp3) is 0.917. The van der Waals surface area contributed by atoms with Crippen LogP contribution in [0.25, 0.3) is 0 Å². The summed E-state index contributed by atoms with van der Waals surface area (Å²) in [6.45, 7) is 6.98. The second-order valence-corrected chi connectivity index (χ2v) is 3.97. The normalized spacial score (nSPS) is 15.4. The van der Waals surface area contributed by atoms with Crippen LogP contribution >= 0.6 is 0 Å². The van der Waals surface area contributed by atoms with Crippen molar-refractivity contribution in [3.63, 3.8) is 0 Å². The van der Waals surface area contributed by atoms with Gasteiger partial charge in [-0.15, -0.1) is 0 Å². The van der Waals surface area contributed by atoms with Crippen LogP contribution in [0.15, 0.2) is 0 Å². The van der Waals surface area contributed by atoms with E-state index in [1.165, 1.54) is 25.7 Å². The van der Waals surface area contributed by atoms with E-state index in [9.17, 15) is 0 Å². The third kappa shape index (κ3) is 8.52. The first kappa shape index (κ1) is 13.9. The highest BCUT2D eigenvalue weighted by Crippen LogP contribution is 2.08. The maximum Gasteiger partial charge on any atom is 0.0781 e. The van der Waals surface area contributed by atoms with Crippen LogP contribution in [-0.2, 0) is 9.47 Å². The van der Waals surface area contributed by atoms with E-state index < -0.39 is 0 Å². The summed E-state index contributed by atoms with van der Waals surface area (Å²) in [7, 11) is 3.37. The summed E-state index contributed by atoms with van der Waals surface area (Å²) in [6, 6.07) is 0. The minimum Gasteiger partial charge on any atom is -0.376 e. The maximum atomic E-state index is 5.61. The Hall–Kier alpha value is -0.0800. The zero-order valence-electron chi connectivity index (χ0n) is 9.92. The van der Waals surface area contributed by atoms with Gasteiger partial charge in [0.25, 0.3) is 0 Å². The van der Waals surface area contributed by atoms with Gasteiger partial charge >= 0.3 is 0 Å². The van der Waals surface area contributed by atoms with Crippen LogP contribution in [0.1, 0.15) is 52.9 Å². The lowest BCUT2D eigenvalue weighted by molar-refractivity contribution is -0.00613. The van der Waals surface area contributed by atoms with Crippen LogP contribution in [0.4, 0.5) is 0 Å². The van der Waals surface area contributed by atoms with E-state index in [4.69, 9.17) is 9.47 Å². The smallest absolute Gasteiger partial charge is 0.0781 e. The van der Waals surface area contributed by atoms with Crippen molar-refractivity contribution in [2.24, 2.45) is 0 Å². The average Bonchev–Trinajstić information content (AvgIpc) is 2.21. The predicted molar refractivity (Wildman–Crippen MR) is 60.1 cm³/mol. The van der Waals surface area contributed by atoms with Crippen LogP contribution in [-0.4, -0.2) is 18.8 Å². The van der Waals surface area contributed by atoms with E-state index in [0.717, 1.165) is 6.42 Å². The molecule has 0 aromatic rings. The van der Waals surface area contributed by atoms with Crippen molar-refractivity contribution in [2.45, 2.75) is 65.1 Å². The largest absolute Gasteiger partial charge is 0.376 e. The summed E-state index contributed by atoms with van der Waals surface area (Å²) in [5.74, 6) is 0. The van der Waals surface area contributed by atoms with E-state index in [2.05, 4.69) is 21.0 Å². The second-order valence-electron chi connectivity index (χ2n) is 3.97. The van der Waals surface area contributed by atoms with Crippen LogP contribution in [0.2, 0.25) is 0 Å². The molecule has 0 heterocycles. The third-order valence-electron chi connectivity index (χ3n) is 2.36. The van der Waals surface area contributed by atoms with E-state index in [1.54, 1.807) is 0 Å². The number of hydrogen-bond acceptors (Lipinski definition) is 2. The molecule has 0 saturated carbocycles. The molecule has 0 N–H and O–H groups in total. The number of ether oxygens (including phenoxy) is 2. The predicted octanol–water partition coefficient (Wildman–Crippen LogP) is 3.56. The molecule has 0 bridgehead atoms. The number of unbranched alkanes of at least 4 members (excludes halogenated alkanes) is 3. The Morgan fingerprint density at radius 2 is 1.79 bits per heavy atom.